The van der Waals surface area contributed by atoms with Crippen molar-refractivity contribution in [3.63, 3.8) is 0 Å². The number of nitrogens with zero attached hydrogens (tertiary/aromatic N) is 2. The van der Waals surface area contributed by atoms with Crippen LogP contribution in [0.1, 0.15) is 23.7 Å². The maximum Gasteiger partial charge on any atom is 0.325 e. The first-order valence-electron chi connectivity index (χ1n) is 8.17. The number of benzene rings is 1. The van der Waals surface area contributed by atoms with Crippen LogP contribution in [0.4, 0.5) is 4.79 Å². The van der Waals surface area contributed by atoms with Gasteiger partial charge >= 0.3 is 6.03 Å². The molecule has 0 bridgehead atoms. The third-order valence-corrected chi connectivity index (χ3v) is 5.49. The van der Waals surface area contributed by atoms with Crippen LogP contribution in [0.2, 0.25) is 0 Å². The van der Waals surface area contributed by atoms with Gasteiger partial charge in [0, 0.05) is 23.4 Å². The van der Waals surface area contributed by atoms with Gasteiger partial charge in [-0.1, -0.05) is 12.1 Å². The highest BCUT2D eigenvalue weighted by Crippen LogP contribution is 2.28. The summed E-state index contributed by atoms with van der Waals surface area (Å²) in [5, 5.41) is 2.78. The van der Waals surface area contributed by atoms with E-state index in [1.54, 1.807) is 37.0 Å². The molecule has 0 radical (unpaired) electrons. The number of imide groups is 1. The van der Waals surface area contributed by atoms with Gasteiger partial charge < -0.3 is 5.32 Å². The topological polar surface area (TPSA) is 62.3 Å². The lowest BCUT2D eigenvalue weighted by molar-refractivity contribution is -0.131. The number of pyridine rings is 1. The van der Waals surface area contributed by atoms with E-state index in [2.05, 4.69) is 42.3 Å². The zero-order chi connectivity index (χ0) is 18.0. The van der Waals surface area contributed by atoms with Gasteiger partial charge in [0.2, 0.25) is 0 Å². The molecule has 1 fully saturated rings. The maximum absolute atomic E-state index is 12.8. The number of rotatable bonds is 5. The number of amides is 3. The number of aromatic nitrogens is 1. The van der Waals surface area contributed by atoms with E-state index in [-0.39, 0.29) is 11.9 Å². The van der Waals surface area contributed by atoms with Crippen LogP contribution in [-0.2, 0) is 10.3 Å². The molecule has 2 aromatic rings. The van der Waals surface area contributed by atoms with Crippen LogP contribution < -0.4 is 5.32 Å². The summed E-state index contributed by atoms with van der Waals surface area (Å²) in [4.78, 5) is 31.7. The van der Waals surface area contributed by atoms with Gasteiger partial charge in [-0.2, -0.15) is 0 Å². The molecule has 2 heterocycles. The highest BCUT2D eigenvalue weighted by atomic mass is 32.2. The zero-order valence-corrected chi connectivity index (χ0v) is 15.4. The molecule has 1 saturated heterocycles. The van der Waals surface area contributed by atoms with Crippen molar-refractivity contribution in [2.24, 2.45) is 0 Å². The van der Waals surface area contributed by atoms with Crippen LogP contribution in [-0.4, -0.2) is 34.1 Å². The fraction of sp³-hybridized carbons (Fsp3) is 0.316. The number of hydrogen-bond acceptors (Lipinski definition) is 4. The number of carbonyl (C=O) groups excluding carboxylic acids is 2. The van der Waals surface area contributed by atoms with Crippen molar-refractivity contribution in [3.8, 4) is 0 Å². The molecule has 3 rings (SSSR count). The highest BCUT2D eigenvalue weighted by Gasteiger charge is 2.49. The molecule has 3 amide bonds. The minimum atomic E-state index is -1.09. The largest absolute Gasteiger partial charge is 0.325 e. The second kappa shape index (κ2) is 6.88. The molecule has 1 aromatic carbocycles. The third-order valence-electron chi connectivity index (χ3n) is 4.51. The fourth-order valence-electron chi connectivity index (χ4n) is 2.79. The van der Waals surface area contributed by atoms with Crippen molar-refractivity contribution in [1.29, 1.82) is 0 Å². The molecule has 130 valence electrons. The number of aryl methyl sites for hydroxylation is 2. The van der Waals surface area contributed by atoms with Crippen LogP contribution in [0.25, 0.3) is 0 Å². The summed E-state index contributed by atoms with van der Waals surface area (Å²) < 4.78 is 0. The van der Waals surface area contributed by atoms with Gasteiger partial charge in [-0.25, -0.2) is 4.79 Å². The van der Waals surface area contributed by atoms with Crippen molar-refractivity contribution in [3.05, 3.63) is 59.4 Å². The van der Waals surface area contributed by atoms with Crippen molar-refractivity contribution in [2.75, 3.05) is 12.3 Å². The Bertz CT molecular complexity index is 810. The van der Waals surface area contributed by atoms with Crippen LogP contribution >= 0.6 is 11.8 Å². The lowest BCUT2D eigenvalue weighted by Crippen LogP contribution is -2.41. The first-order chi connectivity index (χ1) is 11.9. The molecule has 1 N–H and O–H groups in total. The van der Waals surface area contributed by atoms with Crippen LogP contribution in [0.3, 0.4) is 0 Å². The average Bonchev–Trinajstić information content (AvgIpc) is 2.83. The van der Waals surface area contributed by atoms with E-state index in [4.69, 9.17) is 0 Å². The molecule has 1 aromatic heterocycles. The van der Waals surface area contributed by atoms with Crippen molar-refractivity contribution in [1.82, 2.24) is 15.2 Å². The first kappa shape index (κ1) is 17.5. The maximum atomic E-state index is 12.8. The molecular weight excluding hydrogens is 334 g/mol. The number of thioether (sulfide) groups is 1. The van der Waals surface area contributed by atoms with E-state index in [1.807, 2.05) is 6.07 Å². The molecule has 0 saturated carbocycles. The van der Waals surface area contributed by atoms with Crippen LogP contribution in [0.5, 0.6) is 0 Å². The average molecular weight is 355 g/mol. The Hall–Kier alpha value is -2.34. The minimum absolute atomic E-state index is 0.253. The Labute approximate surface area is 151 Å². The summed E-state index contributed by atoms with van der Waals surface area (Å²) in [5.41, 5.74) is 1.95. The van der Waals surface area contributed by atoms with Gasteiger partial charge in [-0.3, -0.25) is 14.7 Å². The highest BCUT2D eigenvalue weighted by molar-refractivity contribution is 7.99. The summed E-state index contributed by atoms with van der Waals surface area (Å²) in [7, 11) is 0. The second-order valence-electron chi connectivity index (χ2n) is 6.32. The first-order valence-corrected chi connectivity index (χ1v) is 9.16. The van der Waals surface area contributed by atoms with Gasteiger partial charge in [0.1, 0.15) is 0 Å². The smallest absolute Gasteiger partial charge is 0.318 e. The monoisotopic (exact) mass is 355 g/mol. The van der Waals surface area contributed by atoms with Gasteiger partial charge in [0.15, 0.2) is 5.54 Å². The zero-order valence-electron chi connectivity index (χ0n) is 14.6. The van der Waals surface area contributed by atoms with Gasteiger partial charge in [0.05, 0.1) is 5.69 Å². The predicted molar refractivity (Wildman–Crippen MR) is 98.5 cm³/mol. The molecule has 0 spiro atoms. The Morgan fingerprint density at radius 2 is 1.96 bits per heavy atom. The Morgan fingerprint density at radius 1 is 1.16 bits per heavy atom. The molecule has 5 nitrogen and oxygen atoms in total. The normalized spacial score (nSPS) is 20.0. The van der Waals surface area contributed by atoms with Gasteiger partial charge in [-0.15, -0.1) is 11.8 Å². The molecule has 1 atom stereocenters. The van der Waals surface area contributed by atoms with Crippen LogP contribution in [0, 0.1) is 13.8 Å². The van der Waals surface area contributed by atoms with Gasteiger partial charge in [0.25, 0.3) is 5.91 Å². The quantitative estimate of drug-likeness (QED) is 0.660. The van der Waals surface area contributed by atoms with E-state index in [1.165, 1.54) is 16.0 Å². The standard InChI is InChI=1S/C19H21N3O2S/c1-13-7-8-15(12-14(13)2)25-11-10-22-17(23)19(3,21-18(22)24)16-6-4-5-9-20-16/h4-9,12H,10-11H2,1-3H3,(H,21,24)/t19-/m1/s1. The summed E-state index contributed by atoms with van der Waals surface area (Å²) in [6.07, 6.45) is 1.62. The minimum Gasteiger partial charge on any atom is -0.318 e. The molecule has 0 unspecified atom stereocenters. The third kappa shape index (κ3) is 3.39. The molecule has 1 aliphatic heterocycles. The summed E-state index contributed by atoms with van der Waals surface area (Å²) in [5.74, 6) is 0.400. The number of urea groups is 1. The second-order valence-corrected chi connectivity index (χ2v) is 7.49. The van der Waals surface area contributed by atoms with E-state index < -0.39 is 5.54 Å². The predicted octanol–water partition coefficient (Wildman–Crippen LogP) is 3.26. The SMILES string of the molecule is Cc1ccc(SCCN2C(=O)N[C@](C)(c3ccccn3)C2=O)cc1C. The van der Waals surface area contributed by atoms with Crippen molar-refractivity contribution >= 4 is 23.7 Å². The van der Waals surface area contributed by atoms with Crippen LogP contribution in [0.15, 0.2) is 47.5 Å². The van der Waals surface area contributed by atoms with E-state index in [9.17, 15) is 9.59 Å². The summed E-state index contributed by atoms with van der Waals surface area (Å²) in [6, 6.07) is 11.3. The summed E-state index contributed by atoms with van der Waals surface area (Å²) in [6.45, 7) is 6.22. The lowest BCUT2D eigenvalue weighted by atomic mass is 9.97. The number of hydrogen-bond donors (Lipinski definition) is 1. The number of carbonyl (C=O) groups is 2. The van der Waals surface area contributed by atoms with Gasteiger partial charge in [-0.05, 0) is 56.2 Å². The van der Waals surface area contributed by atoms with Crippen molar-refractivity contribution in [2.45, 2.75) is 31.2 Å². The Kier molecular flexibility index (Phi) is 4.81. The van der Waals surface area contributed by atoms with E-state index in [0.29, 0.717) is 18.0 Å². The molecule has 0 aliphatic carbocycles. The van der Waals surface area contributed by atoms with E-state index in [0.717, 1.165) is 4.90 Å². The Morgan fingerprint density at radius 3 is 2.64 bits per heavy atom. The van der Waals surface area contributed by atoms with E-state index >= 15 is 0 Å². The molecule has 1 aliphatic rings. The fourth-order valence-corrected chi connectivity index (χ4v) is 3.72. The molecule has 25 heavy (non-hydrogen) atoms. The Balaban J connectivity index is 1.66. The molecular formula is C19H21N3O2S. The lowest BCUT2D eigenvalue weighted by Gasteiger charge is -2.20. The summed E-state index contributed by atoms with van der Waals surface area (Å²) >= 11 is 1.64. The number of nitrogens with one attached hydrogen (secondary N) is 1. The van der Waals surface area contributed by atoms with Crippen molar-refractivity contribution < 1.29 is 9.59 Å². The molecule has 6 heteroatoms.